The van der Waals surface area contributed by atoms with E-state index in [2.05, 4.69) is 10.2 Å². The fraction of sp³-hybridized carbons (Fsp3) is 0.600. The molecule has 20 heavy (non-hydrogen) atoms. The van der Waals surface area contributed by atoms with Crippen molar-refractivity contribution in [1.29, 1.82) is 0 Å². The van der Waals surface area contributed by atoms with Crippen molar-refractivity contribution in [2.45, 2.75) is 51.2 Å². The van der Waals surface area contributed by atoms with E-state index in [1.54, 1.807) is 24.3 Å². The maximum absolute atomic E-state index is 12.1. The predicted molar refractivity (Wildman–Crippen MR) is 74.3 cm³/mol. The molecule has 3 N–H and O–H groups in total. The highest BCUT2D eigenvalue weighted by Gasteiger charge is 2.19. The van der Waals surface area contributed by atoms with Crippen molar-refractivity contribution in [2.24, 2.45) is 11.8 Å². The Kier molecular flexibility index (Phi) is 5.73. The van der Waals surface area contributed by atoms with Crippen molar-refractivity contribution >= 4 is 0 Å². The molecule has 5 heteroatoms. The first kappa shape index (κ1) is 15.2. The molecule has 112 valence electrons. The van der Waals surface area contributed by atoms with Gasteiger partial charge in [-0.25, -0.2) is 0 Å². The Hall–Kier alpha value is -1.20. The number of hydrogen-bond acceptors (Lipinski definition) is 3. The van der Waals surface area contributed by atoms with Crippen LogP contribution in [0.1, 0.15) is 50.1 Å². The van der Waals surface area contributed by atoms with E-state index in [-0.39, 0.29) is 11.8 Å². The van der Waals surface area contributed by atoms with Gasteiger partial charge in [0, 0.05) is 6.04 Å². The highest BCUT2D eigenvalue weighted by atomic mass is 19.3. The van der Waals surface area contributed by atoms with Crippen LogP contribution in [0.5, 0.6) is 5.75 Å². The van der Waals surface area contributed by atoms with Gasteiger partial charge in [-0.15, -0.1) is 0 Å². The Labute approximate surface area is 118 Å². The number of ether oxygens (including phenoxy) is 1. The zero-order valence-electron chi connectivity index (χ0n) is 11.5. The van der Waals surface area contributed by atoms with Crippen molar-refractivity contribution in [2.75, 3.05) is 0 Å². The second kappa shape index (κ2) is 7.55. The summed E-state index contributed by atoms with van der Waals surface area (Å²) in [5.41, 5.74) is 3.85. The standard InChI is InChI=1S/C15H22F2N2O/c16-15(17)20-13-8-6-12(7-9-13)14(19-18)10-11-4-2-1-3-5-11/h6-9,11,14-15,19H,1-5,10,18H2. The second-order valence-electron chi connectivity index (χ2n) is 5.41. The van der Waals surface area contributed by atoms with Crippen LogP contribution in [0, 0.1) is 5.92 Å². The minimum absolute atomic E-state index is 0.0682. The molecule has 1 saturated carbocycles. The van der Waals surface area contributed by atoms with Gasteiger partial charge in [0.05, 0.1) is 0 Å². The summed E-state index contributed by atoms with van der Waals surface area (Å²) in [6.07, 6.45) is 7.42. The third-order valence-corrected chi connectivity index (χ3v) is 4.00. The summed E-state index contributed by atoms with van der Waals surface area (Å²) >= 11 is 0. The van der Waals surface area contributed by atoms with E-state index >= 15 is 0 Å². The van der Waals surface area contributed by atoms with Gasteiger partial charge in [0.15, 0.2) is 0 Å². The Morgan fingerprint density at radius 2 is 1.80 bits per heavy atom. The van der Waals surface area contributed by atoms with Crippen LogP contribution in [0.25, 0.3) is 0 Å². The van der Waals surface area contributed by atoms with Crippen molar-refractivity contribution in [3.05, 3.63) is 29.8 Å². The number of halogens is 2. The van der Waals surface area contributed by atoms with Crippen LogP contribution in [0.15, 0.2) is 24.3 Å². The molecule has 1 aromatic carbocycles. The molecule has 3 nitrogen and oxygen atoms in total. The van der Waals surface area contributed by atoms with Gasteiger partial charge >= 0.3 is 6.61 Å². The van der Waals surface area contributed by atoms with Crippen LogP contribution < -0.4 is 16.0 Å². The lowest BCUT2D eigenvalue weighted by Gasteiger charge is -2.26. The predicted octanol–water partition coefficient (Wildman–Crippen LogP) is 3.76. The molecule has 1 unspecified atom stereocenters. The van der Waals surface area contributed by atoms with Gasteiger partial charge < -0.3 is 4.74 Å². The molecule has 0 aromatic heterocycles. The van der Waals surface area contributed by atoms with E-state index in [0.29, 0.717) is 5.92 Å². The lowest BCUT2D eigenvalue weighted by Crippen LogP contribution is -2.30. The average Bonchev–Trinajstić information content (AvgIpc) is 2.46. The number of hydrogen-bond donors (Lipinski definition) is 2. The quantitative estimate of drug-likeness (QED) is 0.617. The van der Waals surface area contributed by atoms with E-state index in [9.17, 15) is 8.78 Å². The number of alkyl halides is 2. The molecule has 0 heterocycles. The third-order valence-electron chi connectivity index (χ3n) is 4.00. The summed E-state index contributed by atoms with van der Waals surface area (Å²) in [5.74, 6) is 6.51. The number of hydrazine groups is 1. The van der Waals surface area contributed by atoms with E-state index in [0.717, 1.165) is 12.0 Å². The molecule has 0 bridgehead atoms. The molecule has 1 fully saturated rings. The molecule has 1 aliphatic rings. The summed E-state index contributed by atoms with van der Waals surface area (Å²) in [6.45, 7) is -2.79. The monoisotopic (exact) mass is 284 g/mol. The van der Waals surface area contributed by atoms with Gasteiger partial charge in [-0.3, -0.25) is 11.3 Å². The highest BCUT2D eigenvalue weighted by molar-refractivity contribution is 5.29. The lowest BCUT2D eigenvalue weighted by molar-refractivity contribution is -0.0498. The van der Waals surface area contributed by atoms with E-state index in [1.165, 1.54) is 32.1 Å². The average molecular weight is 284 g/mol. The van der Waals surface area contributed by atoms with E-state index < -0.39 is 6.61 Å². The second-order valence-corrected chi connectivity index (χ2v) is 5.41. The first-order chi connectivity index (χ1) is 9.69. The Bertz CT molecular complexity index is 391. The van der Waals surface area contributed by atoms with Crippen LogP contribution in [-0.2, 0) is 0 Å². The van der Waals surface area contributed by atoms with E-state index in [4.69, 9.17) is 5.84 Å². The van der Waals surface area contributed by atoms with Gasteiger partial charge in [-0.2, -0.15) is 8.78 Å². The van der Waals surface area contributed by atoms with Gasteiger partial charge in [-0.05, 0) is 30.0 Å². The smallest absolute Gasteiger partial charge is 0.387 e. The Balaban J connectivity index is 1.95. The van der Waals surface area contributed by atoms with Gasteiger partial charge in [0.1, 0.15) is 5.75 Å². The van der Waals surface area contributed by atoms with Crippen molar-refractivity contribution in [3.8, 4) is 5.75 Å². The number of nitrogens with one attached hydrogen (secondary N) is 1. The van der Waals surface area contributed by atoms with Gasteiger partial charge in [-0.1, -0.05) is 44.2 Å². The lowest BCUT2D eigenvalue weighted by atomic mass is 9.83. The molecule has 0 aliphatic heterocycles. The molecule has 1 atom stereocenters. The third kappa shape index (κ3) is 4.42. The van der Waals surface area contributed by atoms with Crippen molar-refractivity contribution in [1.82, 2.24) is 5.43 Å². The molecule has 1 aromatic rings. The minimum atomic E-state index is -2.79. The Morgan fingerprint density at radius 1 is 1.15 bits per heavy atom. The SMILES string of the molecule is NNC(CC1CCCCC1)c1ccc(OC(F)F)cc1. The minimum Gasteiger partial charge on any atom is -0.435 e. The first-order valence-electron chi connectivity index (χ1n) is 7.20. The van der Waals surface area contributed by atoms with Crippen LogP contribution in [0.2, 0.25) is 0 Å². The largest absolute Gasteiger partial charge is 0.435 e. The number of nitrogens with two attached hydrogens (primary N) is 1. The fourth-order valence-electron chi connectivity index (χ4n) is 2.94. The number of benzene rings is 1. The molecular weight excluding hydrogens is 262 g/mol. The van der Waals surface area contributed by atoms with Crippen LogP contribution in [0.3, 0.4) is 0 Å². The summed E-state index contributed by atoms with van der Waals surface area (Å²) in [7, 11) is 0. The molecule has 1 aliphatic carbocycles. The maximum atomic E-state index is 12.1. The van der Waals surface area contributed by atoms with Crippen LogP contribution in [-0.4, -0.2) is 6.61 Å². The van der Waals surface area contributed by atoms with Gasteiger partial charge in [0.25, 0.3) is 0 Å². The maximum Gasteiger partial charge on any atom is 0.387 e. The first-order valence-corrected chi connectivity index (χ1v) is 7.20. The van der Waals surface area contributed by atoms with Gasteiger partial charge in [0.2, 0.25) is 0 Å². The summed E-state index contributed by atoms with van der Waals surface area (Å²) in [4.78, 5) is 0. The summed E-state index contributed by atoms with van der Waals surface area (Å²) in [5, 5.41) is 0. The molecule has 0 saturated heterocycles. The fourth-order valence-corrected chi connectivity index (χ4v) is 2.94. The Morgan fingerprint density at radius 3 is 2.35 bits per heavy atom. The number of rotatable bonds is 6. The van der Waals surface area contributed by atoms with Crippen LogP contribution >= 0.6 is 0 Å². The summed E-state index contributed by atoms with van der Waals surface area (Å²) in [6, 6.07) is 6.79. The normalized spacial score (nSPS) is 18.2. The van der Waals surface area contributed by atoms with E-state index in [1.807, 2.05) is 0 Å². The molecule has 0 spiro atoms. The molecular formula is C15H22F2N2O. The molecule has 0 amide bonds. The van der Waals surface area contributed by atoms with Crippen molar-refractivity contribution < 1.29 is 13.5 Å². The molecule has 2 rings (SSSR count). The topological polar surface area (TPSA) is 47.3 Å². The zero-order valence-corrected chi connectivity index (χ0v) is 11.5. The molecule has 0 radical (unpaired) electrons. The highest BCUT2D eigenvalue weighted by Crippen LogP contribution is 2.32. The van der Waals surface area contributed by atoms with Crippen molar-refractivity contribution in [3.63, 3.8) is 0 Å². The zero-order chi connectivity index (χ0) is 14.4. The van der Waals surface area contributed by atoms with Crippen LogP contribution in [0.4, 0.5) is 8.78 Å². The summed E-state index contributed by atoms with van der Waals surface area (Å²) < 4.78 is 28.5.